The van der Waals surface area contributed by atoms with Gasteiger partial charge in [0.15, 0.2) is 22.1 Å². The average molecular weight is 487 g/mol. The maximum absolute atomic E-state index is 5.81. The number of benzene rings is 3. The molecule has 0 spiro atoms. The Balaban J connectivity index is 1.56. The molecule has 2 heterocycles. The fourth-order valence-corrected chi connectivity index (χ4v) is 5.07. The third-order valence-electron chi connectivity index (χ3n) is 6.76. The number of hydrogen-bond acceptors (Lipinski definition) is 5. The smallest absolute Gasteiger partial charge is 0.199 e. The Kier molecular flexibility index (Phi) is 6.45. The highest BCUT2D eigenvalue weighted by Crippen LogP contribution is 2.41. The lowest BCUT2D eigenvalue weighted by atomic mass is 9.88. The standard InChI is InChI=1S/C28H30N4O2S/c1-19-10-12-21(13-11-19)27-29-32(28(35)30(27)2)18-31-15-14-22-16-24(33-3)25(34-4)17-23(22)26(31)20-8-6-5-7-9-20/h5-13,16-17,26H,14-15,18H2,1-4H3/t26-/m0/s1. The van der Waals surface area contributed by atoms with Crippen molar-refractivity contribution in [3.05, 3.63) is 93.8 Å². The van der Waals surface area contributed by atoms with Crippen LogP contribution in [0.25, 0.3) is 11.4 Å². The van der Waals surface area contributed by atoms with E-state index in [-0.39, 0.29) is 6.04 Å². The lowest BCUT2D eigenvalue weighted by Gasteiger charge is -2.37. The van der Waals surface area contributed by atoms with Crippen LogP contribution < -0.4 is 9.47 Å². The third-order valence-corrected chi connectivity index (χ3v) is 7.24. The molecule has 0 amide bonds. The topological polar surface area (TPSA) is 44.5 Å². The normalized spacial score (nSPS) is 15.6. The van der Waals surface area contributed by atoms with Crippen LogP contribution in [-0.4, -0.2) is 40.0 Å². The van der Waals surface area contributed by atoms with E-state index in [1.54, 1.807) is 14.2 Å². The van der Waals surface area contributed by atoms with Gasteiger partial charge < -0.3 is 14.0 Å². The lowest BCUT2D eigenvalue weighted by Crippen LogP contribution is -2.37. The zero-order valence-corrected chi connectivity index (χ0v) is 21.4. The van der Waals surface area contributed by atoms with Crippen LogP contribution in [0.5, 0.6) is 11.5 Å². The Morgan fingerprint density at radius 2 is 1.66 bits per heavy atom. The number of ether oxygens (including phenoxy) is 2. The number of methoxy groups -OCH3 is 2. The van der Waals surface area contributed by atoms with Gasteiger partial charge in [0.05, 0.1) is 26.9 Å². The molecule has 0 saturated heterocycles. The van der Waals surface area contributed by atoms with Crippen LogP contribution in [0.15, 0.2) is 66.7 Å². The van der Waals surface area contributed by atoms with E-state index >= 15 is 0 Å². The van der Waals surface area contributed by atoms with Gasteiger partial charge in [-0.2, -0.15) is 5.10 Å². The van der Waals surface area contributed by atoms with Crippen LogP contribution in [0.2, 0.25) is 0 Å². The van der Waals surface area contributed by atoms with Crippen molar-refractivity contribution in [1.82, 2.24) is 19.2 Å². The molecule has 5 rings (SSSR count). The van der Waals surface area contributed by atoms with Crippen LogP contribution in [-0.2, 0) is 20.1 Å². The van der Waals surface area contributed by atoms with Gasteiger partial charge in [-0.05, 0) is 54.4 Å². The number of aryl methyl sites for hydroxylation is 1. The molecular formula is C28H30N4O2S. The molecule has 0 saturated carbocycles. The maximum atomic E-state index is 5.81. The Hall–Kier alpha value is -3.42. The molecule has 1 atom stereocenters. The van der Waals surface area contributed by atoms with Gasteiger partial charge in [0.25, 0.3) is 0 Å². The summed E-state index contributed by atoms with van der Waals surface area (Å²) in [5.41, 5.74) is 6.00. The Bertz CT molecular complexity index is 1390. The molecule has 0 radical (unpaired) electrons. The van der Waals surface area contributed by atoms with Gasteiger partial charge in [0.1, 0.15) is 0 Å². The molecule has 7 heteroatoms. The first-order chi connectivity index (χ1) is 17.0. The monoisotopic (exact) mass is 486 g/mol. The summed E-state index contributed by atoms with van der Waals surface area (Å²) in [5, 5.41) is 4.94. The predicted molar refractivity (Wildman–Crippen MR) is 140 cm³/mol. The Labute approximate surface area is 211 Å². The Morgan fingerprint density at radius 1 is 0.971 bits per heavy atom. The second-order valence-electron chi connectivity index (χ2n) is 8.95. The summed E-state index contributed by atoms with van der Waals surface area (Å²) >= 11 is 5.81. The molecule has 0 unspecified atom stereocenters. The summed E-state index contributed by atoms with van der Waals surface area (Å²) in [6.45, 7) is 3.55. The van der Waals surface area contributed by atoms with Gasteiger partial charge in [-0.1, -0.05) is 60.2 Å². The van der Waals surface area contributed by atoms with E-state index in [1.807, 2.05) is 16.3 Å². The second-order valence-corrected chi connectivity index (χ2v) is 9.32. The molecule has 3 aromatic carbocycles. The SMILES string of the molecule is COc1cc2c(cc1OC)[C@H](c1ccccc1)N(Cn1nc(-c3ccc(C)cc3)n(C)c1=S)CC2. The van der Waals surface area contributed by atoms with Crippen molar-refractivity contribution in [1.29, 1.82) is 0 Å². The highest BCUT2D eigenvalue weighted by Gasteiger charge is 2.31. The summed E-state index contributed by atoms with van der Waals surface area (Å²) in [6.07, 6.45) is 0.907. The van der Waals surface area contributed by atoms with E-state index in [2.05, 4.69) is 78.6 Å². The van der Waals surface area contributed by atoms with Crippen molar-refractivity contribution in [2.24, 2.45) is 7.05 Å². The summed E-state index contributed by atoms with van der Waals surface area (Å²) in [6, 6.07) is 23.3. The van der Waals surface area contributed by atoms with E-state index < -0.39 is 0 Å². The average Bonchev–Trinajstić information content (AvgIpc) is 3.17. The van der Waals surface area contributed by atoms with Gasteiger partial charge in [0.2, 0.25) is 0 Å². The summed E-state index contributed by atoms with van der Waals surface area (Å²) < 4.78 is 15.9. The molecule has 6 nitrogen and oxygen atoms in total. The molecule has 1 aliphatic rings. The number of aromatic nitrogens is 3. The van der Waals surface area contributed by atoms with Gasteiger partial charge >= 0.3 is 0 Å². The van der Waals surface area contributed by atoms with Crippen molar-refractivity contribution < 1.29 is 9.47 Å². The molecule has 4 aromatic rings. The first kappa shape index (κ1) is 23.3. The van der Waals surface area contributed by atoms with Crippen LogP contribution in [0.3, 0.4) is 0 Å². The third kappa shape index (κ3) is 4.37. The van der Waals surface area contributed by atoms with Gasteiger partial charge in [-0.15, -0.1) is 0 Å². The second kappa shape index (κ2) is 9.68. The highest BCUT2D eigenvalue weighted by molar-refractivity contribution is 7.71. The van der Waals surface area contributed by atoms with Crippen molar-refractivity contribution in [2.45, 2.75) is 26.1 Å². The minimum atomic E-state index is 0.0477. The van der Waals surface area contributed by atoms with Gasteiger partial charge in [-0.3, -0.25) is 4.90 Å². The quantitative estimate of drug-likeness (QED) is 0.335. The lowest BCUT2D eigenvalue weighted by molar-refractivity contribution is 0.154. The van der Waals surface area contributed by atoms with Crippen molar-refractivity contribution in [2.75, 3.05) is 20.8 Å². The molecule has 1 aliphatic heterocycles. The maximum Gasteiger partial charge on any atom is 0.199 e. The summed E-state index contributed by atoms with van der Waals surface area (Å²) in [5.74, 6) is 2.38. The van der Waals surface area contributed by atoms with Crippen LogP contribution in [0.4, 0.5) is 0 Å². The van der Waals surface area contributed by atoms with E-state index in [4.69, 9.17) is 26.8 Å². The van der Waals surface area contributed by atoms with Gasteiger partial charge in [-0.25, -0.2) is 4.68 Å². The number of hydrogen-bond donors (Lipinski definition) is 0. The van der Waals surface area contributed by atoms with Crippen molar-refractivity contribution in [3.8, 4) is 22.9 Å². The van der Waals surface area contributed by atoms with E-state index in [9.17, 15) is 0 Å². The molecule has 0 aliphatic carbocycles. The predicted octanol–water partition coefficient (Wildman–Crippen LogP) is 5.55. The van der Waals surface area contributed by atoms with E-state index in [0.717, 1.165) is 35.9 Å². The first-order valence-corrected chi connectivity index (χ1v) is 12.2. The molecular weight excluding hydrogens is 456 g/mol. The molecule has 0 fully saturated rings. The fraction of sp³-hybridized carbons (Fsp3) is 0.286. The summed E-state index contributed by atoms with van der Waals surface area (Å²) in [7, 11) is 5.35. The van der Waals surface area contributed by atoms with Gasteiger partial charge in [0, 0.05) is 19.2 Å². The molecule has 180 valence electrons. The number of fused-ring (bicyclic) bond motifs is 1. The van der Waals surface area contributed by atoms with Crippen LogP contribution >= 0.6 is 12.2 Å². The molecule has 1 aromatic heterocycles. The zero-order valence-electron chi connectivity index (χ0n) is 20.6. The number of rotatable bonds is 6. The molecule has 0 bridgehead atoms. The molecule has 35 heavy (non-hydrogen) atoms. The van der Waals surface area contributed by atoms with Crippen LogP contribution in [0, 0.1) is 11.7 Å². The summed E-state index contributed by atoms with van der Waals surface area (Å²) in [4.78, 5) is 2.44. The highest BCUT2D eigenvalue weighted by atomic mass is 32.1. The number of nitrogens with zero attached hydrogens (tertiary/aromatic N) is 4. The van der Waals surface area contributed by atoms with E-state index in [0.29, 0.717) is 11.4 Å². The molecule has 0 N–H and O–H groups in total. The zero-order chi connectivity index (χ0) is 24.5. The largest absolute Gasteiger partial charge is 0.493 e. The van der Waals surface area contributed by atoms with Crippen LogP contribution in [0.1, 0.15) is 28.3 Å². The minimum absolute atomic E-state index is 0.0477. The van der Waals surface area contributed by atoms with Crippen molar-refractivity contribution in [3.63, 3.8) is 0 Å². The van der Waals surface area contributed by atoms with Crippen molar-refractivity contribution >= 4 is 12.2 Å². The van der Waals surface area contributed by atoms with E-state index in [1.165, 1.54) is 22.3 Å². The minimum Gasteiger partial charge on any atom is -0.493 e. The first-order valence-electron chi connectivity index (χ1n) is 11.7. The Morgan fingerprint density at radius 3 is 2.34 bits per heavy atom. The fourth-order valence-electron chi connectivity index (χ4n) is 4.88.